The molecule has 2 saturated carbocycles. The molecule has 4 amide bonds. The van der Waals surface area contributed by atoms with Crippen molar-refractivity contribution in [2.75, 3.05) is 39.5 Å². The van der Waals surface area contributed by atoms with Gasteiger partial charge in [0.05, 0.1) is 63.2 Å². The van der Waals surface area contributed by atoms with Gasteiger partial charge >= 0.3 is 0 Å². The average molecular weight is 440 g/mol. The molecule has 4 aliphatic carbocycles. The minimum atomic E-state index is -0.438. The third kappa shape index (κ3) is 2.82. The topological polar surface area (TPSA) is 93.2 Å². The van der Waals surface area contributed by atoms with Gasteiger partial charge in [-0.25, -0.2) is 0 Å². The van der Waals surface area contributed by atoms with Crippen LogP contribution in [0.5, 0.6) is 0 Å². The number of rotatable bonds is 10. The maximum atomic E-state index is 13.2. The fraction of sp³-hybridized carbons (Fsp3) is 0.583. The number of fused-ring (bicyclic) bond motifs is 1. The standard InChI is InChI=1S/C24H28N2O6/c1-3-9-31-11-7-25-21(27)17-13-5-6-14(18(17)22(25)28)16-15(13)19-20(16)24(30)26(23(19)29)8-12-32-10-4-2/h3-6,13-20H,1-2,7-12H2/t13-,14+,15+,16-,17+,18-,19-,20-/m0/s1. The molecule has 8 heteroatoms. The van der Waals surface area contributed by atoms with Gasteiger partial charge in [-0.3, -0.25) is 29.0 Å². The van der Waals surface area contributed by atoms with E-state index >= 15 is 0 Å². The quantitative estimate of drug-likeness (QED) is 0.281. The van der Waals surface area contributed by atoms with Crippen molar-refractivity contribution < 1.29 is 28.7 Å². The molecule has 0 aromatic heterocycles. The van der Waals surface area contributed by atoms with Gasteiger partial charge < -0.3 is 9.47 Å². The molecule has 6 rings (SSSR count). The Labute approximate surface area is 186 Å². The first-order valence-corrected chi connectivity index (χ1v) is 11.3. The van der Waals surface area contributed by atoms with E-state index in [1.807, 2.05) is 12.2 Å². The molecule has 2 heterocycles. The zero-order chi connectivity index (χ0) is 22.6. The van der Waals surface area contributed by atoms with Crippen LogP contribution in [0.1, 0.15) is 0 Å². The fourth-order valence-corrected chi connectivity index (χ4v) is 6.81. The molecule has 6 aliphatic rings. The summed E-state index contributed by atoms with van der Waals surface area (Å²) >= 11 is 0. The molecule has 0 aromatic rings. The zero-order valence-electron chi connectivity index (χ0n) is 17.9. The van der Waals surface area contributed by atoms with Crippen molar-refractivity contribution in [2.45, 2.75) is 0 Å². The molecule has 0 N–H and O–H groups in total. The number of allylic oxidation sites excluding steroid dienone is 2. The number of carbonyl (C=O) groups is 4. The van der Waals surface area contributed by atoms with E-state index in [1.54, 1.807) is 12.2 Å². The van der Waals surface area contributed by atoms with Crippen LogP contribution in [0.25, 0.3) is 0 Å². The number of hydrogen-bond acceptors (Lipinski definition) is 6. The Kier molecular flexibility index (Phi) is 5.37. The summed E-state index contributed by atoms with van der Waals surface area (Å²) in [6.07, 6.45) is 7.27. The van der Waals surface area contributed by atoms with Crippen LogP contribution in [0.15, 0.2) is 37.5 Å². The molecule has 170 valence electrons. The van der Waals surface area contributed by atoms with Gasteiger partial charge in [-0.05, 0) is 23.7 Å². The number of carbonyl (C=O) groups excluding carboxylic acids is 4. The van der Waals surface area contributed by atoms with Crippen LogP contribution in [-0.4, -0.2) is 72.9 Å². The Bertz CT molecular complexity index is 856. The number of hydrogen-bond donors (Lipinski definition) is 0. The molecular weight excluding hydrogens is 412 g/mol. The van der Waals surface area contributed by atoms with Crippen LogP contribution in [-0.2, 0) is 28.7 Å². The third-order valence-corrected chi connectivity index (χ3v) is 7.92. The largest absolute Gasteiger partial charge is 0.376 e. The summed E-state index contributed by atoms with van der Waals surface area (Å²) in [5, 5.41) is 0. The van der Waals surface area contributed by atoms with Crippen molar-refractivity contribution in [2.24, 2.45) is 47.3 Å². The second-order valence-corrected chi connectivity index (χ2v) is 9.18. The highest BCUT2D eigenvalue weighted by Crippen LogP contribution is 2.68. The highest BCUT2D eigenvalue weighted by molar-refractivity contribution is 6.09. The molecule has 4 fully saturated rings. The van der Waals surface area contributed by atoms with Gasteiger partial charge in [0.15, 0.2) is 0 Å². The summed E-state index contributed by atoms with van der Waals surface area (Å²) in [4.78, 5) is 55.2. The zero-order valence-corrected chi connectivity index (χ0v) is 17.9. The van der Waals surface area contributed by atoms with Gasteiger partial charge in [0.25, 0.3) is 0 Å². The van der Waals surface area contributed by atoms with Crippen LogP contribution in [0, 0.1) is 47.3 Å². The number of ether oxygens (including phenoxy) is 2. The Morgan fingerprint density at radius 1 is 0.688 bits per heavy atom. The minimum absolute atomic E-state index is 0.0551. The highest BCUT2D eigenvalue weighted by Gasteiger charge is 2.74. The molecule has 0 radical (unpaired) electrons. The molecule has 8 atom stereocenters. The fourth-order valence-electron chi connectivity index (χ4n) is 6.81. The van der Waals surface area contributed by atoms with Gasteiger partial charge in [-0.2, -0.15) is 0 Å². The lowest BCUT2D eigenvalue weighted by Crippen LogP contribution is -2.63. The van der Waals surface area contributed by atoms with Gasteiger partial charge in [0, 0.05) is 0 Å². The third-order valence-electron chi connectivity index (χ3n) is 7.92. The van der Waals surface area contributed by atoms with E-state index in [2.05, 4.69) is 13.2 Å². The average Bonchev–Trinajstić information content (AvgIpc) is 3.14. The normalized spacial score (nSPS) is 38.6. The van der Waals surface area contributed by atoms with E-state index in [-0.39, 0.29) is 73.6 Å². The Morgan fingerprint density at radius 3 is 1.44 bits per heavy atom. The van der Waals surface area contributed by atoms with Crippen LogP contribution in [0.4, 0.5) is 0 Å². The number of nitrogens with zero attached hydrogens (tertiary/aromatic N) is 2. The molecule has 8 nitrogen and oxygen atoms in total. The lowest BCUT2D eigenvalue weighted by molar-refractivity contribution is -0.166. The van der Waals surface area contributed by atoms with E-state index in [9.17, 15) is 19.2 Å². The second-order valence-electron chi connectivity index (χ2n) is 9.18. The number of amides is 4. The SMILES string of the molecule is C=CCOCCN1C(=O)[C@@H]2[C@@H](C1=O)[C@@H]1[C@@H]3C=C[C@@H]([C@@H]4C(=O)N(CCOCC=C)C(=O)[C@H]34)[C@H]21. The minimum Gasteiger partial charge on any atom is -0.376 e. The summed E-state index contributed by atoms with van der Waals surface area (Å²) in [7, 11) is 0. The molecule has 0 aromatic carbocycles. The van der Waals surface area contributed by atoms with Gasteiger partial charge in [-0.1, -0.05) is 24.3 Å². The maximum absolute atomic E-state index is 13.2. The van der Waals surface area contributed by atoms with Crippen molar-refractivity contribution in [3.63, 3.8) is 0 Å². The maximum Gasteiger partial charge on any atom is 0.233 e. The lowest BCUT2D eigenvalue weighted by atomic mass is 9.40. The van der Waals surface area contributed by atoms with Crippen molar-refractivity contribution in [1.29, 1.82) is 0 Å². The molecule has 2 saturated heterocycles. The van der Waals surface area contributed by atoms with E-state index in [1.165, 1.54) is 9.80 Å². The summed E-state index contributed by atoms with van der Waals surface area (Å²) in [5.74, 6) is -2.79. The molecule has 32 heavy (non-hydrogen) atoms. The summed E-state index contributed by atoms with van der Waals surface area (Å²) in [6, 6.07) is 0. The summed E-state index contributed by atoms with van der Waals surface area (Å²) < 4.78 is 10.7. The van der Waals surface area contributed by atoms with Crippen LogP contribution < -0.4 is 0 Å². The number of imide groups is 2. The van der Waals surface area contributed by atoms with Crippen LogP contribution >= 0.6 is 0 Å². The molecule has 2 bridgehead atoms. The number of likely N-dealkylation sites (tertiary alicyclic amines) is 2. The summed E-state index contributed by atoms with van der Waals surface area (Å²) in [5.41, 5.74) is 0. The van der Waals surface area contributed by atoms with Gasteiger partial charge in [0.2, 0.25) is 23.6 Å². The Balaban J connectivity index is 1.33. The molecular formula is C24H28N2O6. The second kappa shape index (κ2) is 8.08. The smallest absolute Gasteiger partial charge is 0.233 e. The van der Waals surface area contributed by atoms with E-state index in [0.29, 0.717) is 13.2 Å². The Morgan fingerprint density at radius 2 is 1.06 bits per heavy atom. The van der Waals surface area contributed by atoms with Gasteiger partial charge in [0.1, 0.15) is 0 Å². The van der Waals surface area contributed by atoms with Crippen molar-refractivity contribution in [1.82, 2.24) is 9.80 Å². The summed E-state index contributed by atoms with van der Waals surface area (Å²) in [6.45, 7) is 8.89. The first-order valence-electron chi connectivity index (χ1n) is 11.3. The highest BCUT2D eigenvalue weighted by atomic mass is 16.5. The van der Waals surface area contributed by atoms with Crippen molar-refractivity contribution >= 4 is 23.6 Å². The van der Waals surface area contributed by atoms with Gasteiger partial charge in [-0.15, -0.1) is 13.2 Å². The molecule has 2 aliphatic heterocycles. The van der Waals surface area contributed by atoms with E-state index in [0.717, 1.165) is 0 Å². The Hall–Kier alpha value is -2.58. The van der Waals surface area contributed by atoms with Crippen LogP contribution in [0.3, 0.4) is 0 Å². The monoisotopic (exact) mass is 440 g/mol. The van der Waals surface area contributed by atoms with Crippen LogP contribution in [0.2, 0.25) is 0 Å². The predicted octanol–water partition coefficient (Wildman–Crippen LogP) is 0.656. The lowest BCUT2D eigenvalue weighted by Gasteiger charge is -2.60. The van der Waals surface area contributed by atoms with E-state index in [4.69, 9.17) is 9.47 Å². The first-order chi connectivity index (χ1) is 15.5. The first kappa shape index (κ1) is 21.3. The predicted molar refractivity (Wildman–Crippen MR) is 113 cm³/mol. The molecule has 0 spiro atoms. The van der Waals surface area contributed by atoms with Crippen molar-refractivity contribution in [3.05, 3.63) is 37.5 Å². The van der Waals surface area contributed by atoms with Crippen molar-refractivity contribution in [3.8, 4) is 0 Å². The molecule has 0 unspecified atom stereocenters. The van der Waals surface area contributed by atoms with E-state index < -0.39 is 23.7 Å².